The number of anilines is 1. The first-order valence-electron chi connectivity index (χ1n) is 6.92. The molecule has 0 aliphatic carbocycles. The van der Waals surface area contributed by atoms with E-state index in [0.717, 1.165) is 24.4 Å². The highest BCUT2D eigenvalue weighted by Crippen LogP contribution is 2.27. The molecule has 5 heteroatoms. The normalized spacial score (nSPS) is 20.1. The van der Waals surface area contributed by atoms with Crippen molar-refractivity contribution in [3.05, 3.63) is 24.0 Å². The van der Waals surface area contributed by atoms with Crippen LogP contribution in [0.4, 0.5) is 5.82 Å². The highest BCUT2D eigenvalue weighted by atomic mass is 35.5. The number of nitrogens with zero attached hydrogens (tertiary/aromatic N) is 4. The fourth-order valence-electron chi connectivity index (χ4n) is 2.97. The van der Waals surface area contributed by atoms with Crippen LogP contribution in [0.5, 0.6) is 0 Å². The summed E-state index contributed by atoms with van der Waals surface area (Å²) in [7, 11) is 0. The molecule has 1 unspecified atom stereocenters. The fraction of sp³-hybridized carbons (Fsp3) is 0.571. The minimum Gasteiger partial charge on any atom is -0.353 e. The molecule has 1 saturated heterocycles. The van der Waals surface area contributed by atoms with E-state index in [1.54, 1.807) is 6.33 Å². The van der Waals surface area contributed by atoms with E-state index < -0.39 is 0 Å². The monoisotopic (exact) mass is 278 g/mol. The summed E-state index contributed by atoms with van der Waals surface area (Å²) in [6.07, 6.45) is 6.41. The minimum atomic E-state index is 0.528. The Morgan fingerprint density at radius 3 is 3.11 bits per heavy atom. The number of aromatic nitrogens is 3. The zero-order chi connectivity index (χ0) is 13.2. The van der Waals surface area contributed by atoms with Crippen LogP contribution in [0.2, 0.25) is 0 Å². The molecule has 2 aromatic heterocycles. The summed E-state index contributed by atoms with van der Waals surface area (Å²) in [6, 6.07) is 4.80. The Morgan fingerprint density at radius 1 is 1.37 bits per heavy atom. The van der Waals surface area contributed by atoms with Crippen molar-refractivity contribution in [2.24, 2.45) is 0 Å². The summed E-state index contributed by atoms with van der Waals surface area (Å²) in [5.74, 6) is 1.87. The first-order valence-corrected chi connectivity index (χ1v) is 7.46. The Balaban J connectivity index is 2.03. The molecule has 0 aromatic carbocycles. The summed E-state index contributed by atoms with van der Waals surface area (Å²) in [5.41, 5.74) is 2.15. The van der Waals surface area contributed by atoms with Crippen molar-refractivity contribution < 1.29 is 0 Å². The number of fused-ring (bicyclic) bond motifs is 1. The van der Waals surface area contributed by atoms with E-state index in [4.69, 9.17) is 11.6 Å². The molecule has 1 aliphatic heterocycles. The maximum Gasteiger partial charge on any atom is 0.157 e. The van der Waals surface area contributed by atoms with Crippen LogP contribution in [-0.4, -0.2) is 33.1 Å². The van der Waals surface area contributed by atoms with Crippen molar-refractivity contribution in [3.63, 3.8) is 0 Å². The molecule has 1 atom stereocenters. The molecule has 0 radical (unpaired) electrons. The topological polar surface area (TPSA) is 33.4 Å². The van der Waals surface area contributed by atoms with E-state index in [0.29, 0.717) is 11.9 Å². The zero-order valence-corrected chi connectivity index (χ0v) is 12.0. The summed E-state index contributed by atoms with van der Waals surface area (Å²) in [4.78, 5) is 6.76. The number of aryl methyl sites for hydroxylation is 1. The molecule has 0 amide bonds. The van der Waals surface area contributed by atoms with Gasteiger partial charge in [0.05, 0.1) is 0 Å². The van der Waals surface area contributed by atoms with E-state index >= 15 is 0 Å². The lowest BCUT2D eigenvalue weighted by Gasteiger charge is -2.37. The van der Waals surface area contributed by atoms with Gasteiger partial charge in [-0.2, -0.15) is 9.61 Å². The second-order valence-corrected chi connectivity index (χ2v) is 5.62. The molecule has 3 heterocycles. The van der Waals surface area contributed by atoms with Gasteiger partial charge in [0, 0.05) is 18.5 Å². The van der Waals surface area contributed by atoms with Crippen LogP contribution in [-0.2, 0) is 0 Å². The van der Waals surface area contributed by atoms with E-state index in [9.17, 15) is 0 Å². The average Bonchev–Trinajstić information content (AvgIpc) is 2.87. The van der Waals surface area contributed by atoms with E-state index in [2.05, 4.69) is 34.0 Å². The number of halogens is 1. The van der Waals surface area contributed by atoms with Gasteiger partial charge in [0.25, 0.3) is 0 Å². The summed E-state index contributed by atoms with van der Waals surface area (Å²) in [6.45, 7) is 3.19. The van der Waals surface area contributed by atoms with Crippen LogP contribution in [0.1, 0.15) is 31.2 Å². The predicted molar refractivity (Wildman–Crippen MR) is 78.0 cm³/mol. The van der Waals surface area contributed by atoms with E-state index in [-0.39, 0.29) is 0 Å². The van der Waals surface area contributed by atoms with E-state index in [1.165, 1.54) is 24.8 Å². The lowest BCUT2D eigenvalue weighted by molar-refractivity contribution is 0.445. The van der Waals surface area contributed by atoms with Crippen molar-refractivity contribution in [3.8, 4) is 0 Å². The van der Waals surface area contributed by atoms with Crippen LogP contribution in [0.3, 0.4) is 0 Å². The second kappa shape index (κ2) is 5.37. The molecule has 19 heavy (non-hydrogen) atoms. The number of alkyl halides is 1. The van der Waals surface area contributed by atoms with Gasteiger partial charge in [-0.25, -0.2) is 4.98 Å². The van der Waals surface area contributed by atoms with Crippen LogP contribution in [0.15, 0.2) is 18.5 Å². The van der Waals surface area contributed by atoms with Crippen LogP contribution >= 0.6 is 11.6 Å². The molecular weight excluding hydrogens is 260 g/mol. The Bertz CT molecular complexity index is 564. The van der Waals surface area contributed by atoms with Crippen molar-refractivity contribution in [1.82, 2.24) is 14.6 Å². The molecule has 4 nitrogen and oxygen atoms in total. The largest absolute Gasteiger partial charge is 0.353 e. The lowest BCUT2D eigenvalue weighted by Crippen LogP contribution is -2.41. The van der Waals surface area contributed by atoms with Gasteiger partial charge in [0.15, 0.2) is 5.65 Å². The smallest absolute Gasteiger partial charge is 0.157 e. The number of pyridine rings is 1. The van der Waals surface area contributed by atoms with Crippen LogP contribution in [0.25, 0.3) is 5.65 Å². The number of piperidine rings is 1. The van der Waals surface area contributed by atoms with Gasteiger partial charge < -0.3 is 4.90 Å². The Hall–Kier alpha value is -1.29. The Morgan fingerprint density at radius 2 is 2.26 bits per heavy atom. The number of hydrogen-bond donors (Lipinski definition) is 0. The van der Waals surface area contributed by atoms with Crippen molar-refractivity contribution in [1.29, 1.82) is 0 Å². The molecule has 1 aliphatic rings. The van der Waals surface area contributed by atoms with E-state index in [1.807, 2.05) is 4.52 Å². The van der Waals surface area contributed by atoms with Gasteiger partial charge in [-0.3, -0.25) is 0 Å². The van der Waals surface area contributed by atoms with Gasteiger partial charge in [0.1, 0.15) is 12.1 Å². The minimum absolute atomic E-state index is 0.528. The number of rotatable bonds is 3. The van der Waals surface area contributed by atoms with Gasteiger partial charge in [-0.05, 0) is 50.3 Å². The average molecular weight is 279 g/mol. The molecule has 2 aromatic rings. The van der Waals surface area contributed by atoms with Crippen LogP contribution in [0, 0.1) is 6.92 Å². The molecule has 0 saturated carbocycles. The standard InChI is InChI=1S/C14H19ClN4/c1-11-8-13-16-10-17-19(13)14(9-11)18-7-3-2-4-12(18)5-6-15/h8-10,12H,2-7H2,1H3. The SMILES string of the molecule is Cc1cc(N2CCCCC2CCCl)n2ncnc2c1. The molecule has 0 spiro atoms. The highest BCUT2D eigenvalue weighted by Gasteiger charge is 2.24. The predicted octanol–water partition coefficient (Wildman–Crippen LogP) is 3.03. The lowest BCUT2D eigenvalue weighted by atomic mass is 10.00. The first kappa shape index (κ1) is 12.7. The first-order chi connectivity index (χ1) is 9.29. The molecule has 0 N–H and O–H groups in total. The molecule has 3 rings (SSSR count). The molecule has 1 fully saturated rings. The maximum absolute atomic E-state index is 5.95. The van der Waals surface area contributed by atoms with Crippen LogP contribution < -0.4 is 4.90 Å². The van der Waals surface area contributed by atoms with Crippen molar-refractivity contribution in [2.45, 2.75) is 38.6 Å². The zero-order valence-electron chi connectivity index (χ0n) is 11.2. The van der Waals surface area contributed by atoms with Crippen molar-refractivity contribution >= 4 is 23.1 Å². The Kier molecular flexibility index (Phi) is 3.60. The summed E-state index contributed by atoms with van der Waals surface area (Å²) >= 11 is 5.95. The third kappa shape index (κ3) is 2.41. The number of hydrogen-bond acceptors (Lipinski definition) is 3. The van der Waals surface area contributed by atoms with Gasteiger partial charge in [-0.15, -0.1) is 11.6 Å². The molecule has 0 bridgehead atoms. The van der Waals surface area contributed by atoms with Gasteiger partial charge >= 0.3 is 0 Å². The quantitative estimate of drug-likeness (QED) is 0.809. The molecule has 102 valence electrons. The maximum atomic E-state index is 5.95. The Labute approximate surface area is 118 Å². The fourth-order valence-corrected chi connectivity index (χ4v) is 3.22. The van der Waals surface area contributed by atoms with Crippen molar-refractivity contribution in [2.75, 3.05) is 17.3 Å². The third-order valence-electron chi connectivity index (χ3n) is 3.87. The summed E-state index contributed by atoms with van der Waals surface area (Å²) < 4.78 is 1.94. The third-order valence-corrected chi connectivity index (χ3v) is 4.09. The van der Waals surface area contributed by atoms with Gasteiger partial charge in [-0.1, -0.05) is 0 Å². The summed E-state index contributed by atoms with van der Waals surface area (Å²) in [5, 5.41) is 4.36. The molecular formula is C14H19ClN4. The second-order valence-electron chi connectivity index (χ2n) is 5.24. The highest BCUT2D eigenvalue weighted by molar-refractivity contribution is 6.17. The van der Waals surface area contributed by atoms with Gasteiger partial charge in [0.2, 0.25) is 0 Å².